The van der Waals surface area contributed by atoms with Crippen molar-refractivity contribution in [2.75, 3.05) is 5.32 Å². The van der Waals surface area contributed by atoms with Gasteiger partial charge < -0.3 is 10.6 Å². The highest BCUT2D eigenvalue weighted by atomic mass is 35.5. The first-order chi connectivity index (χ1) is 10.1. The van der Waals surface area contributed by atoms with Crippen LogP contribution in [0.3, 0.4) is 0 Å². The van der Waals surface area contributed by atoms with Crippen LogP contribution in [0.5, 0.6) is 0 Å². The summed E-state index contributed by atoms with van der Waals surface area (Å²) < 4.78 is 0. The van der Waals surface area contributed by atoms with Crippen LogP contribution in [0.15, 0.2) is 48.5 Å². The van der Waals surface area contributed by atoms with E-state index < -0.39 is 11.8 Å². The molecule has 0 saturated carbocycles. The first-order valence-corrected chi connectivity index (χ1v) is 6.83. The van der Waals surface area contributed by atoms with Gasteiger partial charge in [0.25, 0.3) is 0 Å². The van der Waals surface area contributed by atoms with Crippen molar-refractivity contribution in [2.24, 2.45) is 0 Å². The molecule has 0 bridgehead atoms. The number of amides is 2. The second-order valence-electron chi connectivity index (χ2n) is 4.61. The van der Waals surface area contributed by atoms with Gasteiger partial charge >= 0.3 is 11.8 Å². The predicted octanol–water partition coefficient (Wildman–Crippen LogP) is 2.90. The van der Waals surface area contributed by atoms with E-state index >= 15 is 0 Å². The Morgan fingerprint density at radius 1 is 1.05 bits per heavy atom. The maximum atomic E-state index is 11.8. The Morgan fingerprint density at radius 2 is 1.81 bits per heavy atom. The molecule has 0 aromatic heterocycles. The number of aryl methyl sites for hydroxylation is 1. The van der Waals surface area contributed by atoms with Gasteiger partial charge in [-0.15, -0.1) is 0 Å². The maximum Gasteiger partial charge on any atom is 0.313 e. The summed E-state index contributed by atoms with van der Waals surface area (Å²) in [5, 5.41) is 5.43. The van der Waals surface area contributed by atoms with Gasteiger partial charge in [0.1, 0.15) is 0 Å². The van der Waals surface area contributed by atoms with Crippen LogP contribution in [0, 0.1) is 6.92 Å². The molecule has 0 fully saturated rings. The molecule has 4 nitrogen and oxygen atoms in total. The number of rotatable bonds is 3. The van der Waals surface area contributed by atoms with Gasteiger partial charge in [-0.05, 0) is 24.6 Å². The van der Waals surface area contributed by atoms with Gasteiger partial charge in [-0.2, -0.15) is 0 Å². The Labute approximate surface area is 128 Å². The Kier molecular flexibility index (Phi) is 4.95. The molecule has 0 radical (unpaired) electrons. The Hall–Kier alpha value is -2.33. The normalized spacial score (nSPS) is 10.0. The second kappa shape index (κ2) is 6.90. The van der Waals surface area contributed by atoms with Gasteiger partial charge in [-0.3, -0.25) is 9.59 Å². The fourth-order valence-electron chi connectivity index (χ4n) is 1.83. The highest BCUT2D eigenvalue weighted by Crippen LogP contribution is 2.20. The quantitative estimate of drug-likeness (QED) is 0.857. The maximum absolute atomic E-state index is 11.8. The molecular formula is C16H15ClN2O2. The Bertz CT molecular complexity index is 671. The SMILES string of the molecule is Cc1cccc(CNC(=O)C(=O)Nc2ccccc2Cl)c1. The zero-order chi connectivity index (χ0) is 15.2. The first kappa shape index (κ1) is 15.1. The molecule has 2 N–H and O–H groups in total. The molecular weight excluding hydrogens is 288 g/mol. The minimum Gasteiger partial charge on any atom is -0.344 e. The van der Waals surface area contributed by atoms with Crippen LogP contribution in [-0.4, -0.2) is 11.8 Å². The van der Waals surface area contributed by atoms with E-state index in [2.05, 4.69) is 10.6 Å². The summed E-state index contributed by atoms with van der Waals surface area (Å²) in [6.07, 6.45) is 0. The number of benzene rings is 2. The topological polar surface area (TPSA) is 58.2 Å². The summed E-state index contributed by atoms with van der Waals surface area (Å²) >= 11 is 5.92. The summed E-state index contributed by atoms with van der Waals surface area (Å²) in [5.74, 6) is -1.44. The van der Waals surface area contributed by atoms with Crippen molar-refractivity contribution < 1.29 is 9.59 Å². The standard InChI is InChI=1S/C16H15ClN2O2/c1-11-5-4-6-12(9-11)10-18-15(20)16(21)19-14-8-3-2-7-13(14)17/h2-9H,10H2,1H3,(H,18,20)(H,19,21). The molecule has 0 spiro atoms. The number of hydrogen-bond donors (Lipinski definition) is 2. The van der Waals surface area contributed by atoms with Crippen molar-refractivity contribution in [3.8, 4) is 0 Å². The molecule has 2 amide bonds. The molecule has 0 aliphatic heterocycles. The smallest absolute Gasteiger partial charge is 0.313 e. The fraction of sp³-hybridized carbons (Fsp3) is 0.125. The third-order valence-corrected chi connectivity index (χ3v) is 3.19. The van der Waals surface area contributed by atoms with E-state index in [1.54, 1.807) is 24.3 Å². The molecule has 0 aliphatic carbocycles. The van der Waals surface area contributed by atoms with Gasteiger partial charge in [0.2, 0.25) is 0 Å². The number of hydrogen-bond acceptors (Lipinski definition) is 2. The third-order valence-electron chi connectivity index (χ3n) is 2.86. The molecule has 108 valence electrons. The van der Waals surface area contributed by atoms with Crippen molar-refractivity contribution in [1.82, 2.24) is 5.32 Å². The van der Waals surface area contributed by atoms with Gasteiger partial charge in [-0.1, -0.05) is 53.6 Å². The van der Waals surface area contributed by atoms with Gasteiger partial charge in [0, 0.05) is 6.54 Å². The lowest BCUT2D eigenvalue weighted by Gasteiger charge is -2.08. The van der Waals surface area contributed by atoms with E-state index in [9.17, 15) is 9.59 Å². The number of halogens is 1. The Balaban J connectivity index is 1.91. The molecule has 2 aromatic rings. The molecule has 2 aromatic carbocycles. The predicted molar refractivity (Wildman–Crippen MR) is 83.1 cm³/mol. The average Bonchev–Trinajstić information content (AvgIpc) is 2.47. The Morgan fingerprint density at radius 3 is 2.52 bits per heavy atom. The highest BCUT2D eigenvalue weighted by molar-refractivity contribution is 6.41. The van der Waals surface area contributed by atoms with Crippen LogP contribution in [0.4, 0.5) is 5.69 Å². The van der Waals surface area contributed by atoms with Crippen molar-refractivity contribution in [3.05, 3.63) is 64.7 Å². The number of nitrogens with one attached hydrogen (secondary N) is 2. The summed E-state index contributed by atoms with van der Waals surface area (Å²) in [4.78, 5) is 23.5. The average molecular weight is 303 g/mol. The van der Waals surface area contributed by atoms with Gasteiger partial charge in [-0.25, -0.2) is 0 Å². The van der Waals surface area contributed by atoms with Gasteiger partial charge in [0.05, 0.1) is 10.7 Å². The van der Waals surface area contributed by atoms with Crippen LogP contribution < -0.4 is 10.6 Å². The first-order valence-electron chi connectivity index (χ1n) is 6.45. The second-order valence-corrected chi connectivity index (χ2v) is 5.01. The summed E-state index contributed by atoms with van der Waals surface area (Å²) in [5.41, 5.74) is 2.45. The lowest BCUT2D eigenvalue weighted by Crippen LogP contribution is -2.35. The van der Waals surface area contributed by atoms with E-state index in [4.69, 9.17) is 11.6 Å². The van der Waals surface area contributed by atoms with Crippen LogP contribution in [-0.2, 0) is 16.1 Å². The monoisotopic (exact) mass is 302 g/mol. The fourth-order valence-corrected chi connectivity index (χ4v) is 2.01. The van der Waals surface area contributed by atoms with Crippen LogP contribution >= 0.6 is 11.6 Å². The lowest BCUT2D eigenvalue weighted by molar-refractivity contribution is -0.136. The van der Waals surface area contributed by atoms with Crippen LogP contribution in [0.1, 0.15) is 11.1 Å². The molecule has 2 rings (SSSR count). The number of anilines is 1. The lowest BCUT2D eigenvalue weighted by atomic mass is 10.1. The highest BCUT2D eigenvalue weighted by Gasteiger charge is 2.14. The molecule has 0 aliphatic rings. The minimum absolute atomic E-state index is 0.302. The third kappa shape index (κ3) is 4.33. The van der Waals surface area contributed by atoms with Crippen LogP contribution in [0.25, 0.3) is 0 Å². The van der Waals surface area contributed by atoms with E-state index in [1.807, 2.05) is 31.2 Å². The van der Waals surface area contributed by atoms with Crippen molar-refractivity contribution >= 4 is 29.1 Å². The van der Waals surface area contributed by atoms with E-state index in [0.29, 0.717) is 17.3 Å². The molecule has 0 heterocycles. The number of carbonyl (C=O) groups is 2. The molecule has 5 heteroatoms. The molecule has 0 atom stereocenters. The van der Waals surface area contributed by atoms with E-state index in [1.165, 1.54) is 0 Å². The van der Waals surface area contributed by atoms with E-state index in [-0.39, 0.29) is 0 Å². The van der Waals surface area contributed by atoms with Crippen molar-refractivity contribution in [2.45, 2.75) is 13.5 Å². The van der Waals surface area contributed by atoms with Crippen molar-refractivity contribution in [1.29, 1.82) is 0 Å². The molecule has 21 heavy (non-hydrogen) atoms. The zero-order valence-electron chi connectivity index (χ0n) is 11.5. The minimum atomic E-state index is -0.740. The molecule has 0 saturated heterocycles. The van der Waals surface area contributed by atoms with Crippen molar-refractivity contribution in [3.63, 3.8) is 0 Å². The summed E-state index contributed by atoms with van der Waals surface area (Å²) in [7, 11) is 0. The largest absolute Gasteiger partial charge is 0.344 e. The van der Waals surface area contributed by atoms with E-state index in [0.717, 1.165) is 11.1 Å². The number of para-hydroxylation sites is 1. The zero-order valence-corrected chi connectivity index (χ0v) is 12.3. The molecule has 0 unspecified atom stereocenters. The van der Waals surface area contributed by atoms with Gasteiger partial charge in [0.15, 0.2) is 0 Å². The summed E-state index contributed by atoms with van der Waals surface area (Å²) in [6, 6.07) is 14.5. The number of carbonyl (C=O) groups excluding carboxylic acids is 2. The summed E-state index contributed by atoms with van der Waals surface area (Å²) in [6.45, 7) is 2.27. The van der Waals surface area contributed by atoms with Crippen LogP contribution in [0.2, 0.25) is 5.02 Å².